The van der Waals surface area contributed by atoms with Gasteiger partial charge in [0.05, 0.1) is 16.9 Å². The van der Waals surface area contributed by atoms with E-state index in [2.05, 4.69) is 235 Å². The van der Waals surface area contributed by atoms with E-state index in [0.29, 0.717) is 17.5 Å². The van der Waals surface area contributed by atoms with Crippen molar-refractivity contribution in [2.75, 3.05) is 0 Å². The molecular weight excluding hydrogens is 877 g/mol. The van der Waals surface area contributed by atoms with E-state index >= 15 is 0 Å². The molecule has 0 saturated heterocycles. The largest absolute Gasteiger partial charge is 0.456 e. The molecule has 2 unspecified atom stereocenters. The third kappa shape index (κ3) is 6.37. The van der Waals surface area contributed by atoms with E-state index in [0.717, 1.165) is 88.1 Å². The molecule has 15 rings (SSSR count). The first-order valence-corrected chi connectivity index (χ1v) is 24.7. The van der Waals surface area contributed by atoms with E-state index in [1.807, 2.05) is 12.1 Å². The van der Waals surface area contributed by atoms with Crippen molar-refractivity contribution in [3.63, 3.8) is 0 Å². The summed E-state index contributed by atoms with van der Waals surface area (Å²) in [6.45, 7) is 0. The van der Waals surface area contributed by atoms with Crippen molar-refractivity contribution in [1.29, 1.82) is 0 Å². The van der Waals surface area contributed by atoms with Gasteiger partial charge in [0.15, 0.2) is 17.5 Å². The molecule has 0 amide bonds. The highest BCUT2D eigenvalue weighted by atomic mass is 16.3. The average molecular weight is 919 g/mol. The molecular formula is C67H42N4O. The highest BCUT2D eigenvalue weighted by Gasteiger charge is 2.32. The van der Waals surface area contributed by atoms with Gasteiger partial charge >= 0.3 is 0 Å². The van der Waals surface area contributed by atoms with Gasteiger partial charge < -0.3 is 8.98 Å². The van der Waals surface area contributed by atoms with E-state index in [9.17, 15) is 0 Å². The van der Waals surface area contributed by atoms with Crippen LogP contribution in [0.4, 0.5) is 0 Å². The van der Waals surface area contributed by atoms with Crippen LogP contribution in [0.25, 0.3) is 133 Å². The standard InChI is InChI=1S/C67H42N4O/c1-3-16-41(17-4-1)47-30-33-51-56(36-47)64(67-69-65(48-31-34-53-52-27-13-14-29-61(52)72-62(53)39-48)68-66(70-67)54-28-15-24-42-20-9-11-25-49(42)54)55(43-18-5-2-6-19-43)40-60(51)71-58-35-32-44-21-10-12-26-50(44)63(58)57-37-45-22-7-8-23-46(45)38-59(57)71/h1-40,44,50H. The van der Waals surface area contributed by atoms with Crippen LogP contribution in [0, 0.1) is 5.92 Å². The van der Waals surface area contributed by atoms with Gasteiger partial charge in [0.2, 0.25) is 0 Å². The van der Waals surface area contributed by atoms with Crippen LogP contribution in [0.2, 0.25) is 0 Å². The van der Waals surface area contributed by atoms with Crippen LogP contribution in [0.15, 0.2) is 241 Å². The van der Waals surface area contributed by atoms with Crippen LogP contribution in [-0.4, -0.2) is 19.5 Å². The number of benzene rings is 10. The predicted molar refractivity (Wildman–Crippen MR) is 297 cm³/mol. The molecule has 2 aliphatic carbocycles. The van der Waals surface area contributed by atoms with Crippen molar-refractivity contribution >= 4 is 71.2 Å². The fraction of sp³-hybridized carbons (Fsp3) is 0.0299. The first-order valence-electron chi connectivity index (χ1n) is 24.7. The third-order valence-electron chi connectivity index (χ3n) is 15.0. The molecule has 2 aliphatic rings. The first-order chi connectivity index (χ1) is 35.7. The van der Waals surface area contributed by atoms with Crippen molar-refractivity contribution in [3.05, 3.63) is 248 Å². The number of hydrogen-bond acceptors (Lipinski definition) is 4. The number of allylic oxidation sites excluding steroid dienone is 5. The summed E-state index contributed by atoms with van der Waals surface area (Å²) < 4.78 is 9.01. The van der Waals surface area contributed by atoms with Gasteiger partial charge in [0, 0.05) is 50.1 Å². The molecule has 0 saturated carbocycles. The Labute approximate surface area is 415 Å². The minimum atomic E-state index is 0.207. The zero-order chi connectivity index (χ0) is 47.3. The second-order valence-electron chi connectivity index (χ2n) is 19.0. The maximum Gasteiger partial charge on any atom is 0.165 e. The lowest BCUT2D eigenvalue weighted by atomic mass is 9.78. The summed E-state index contributed by atoms with van der Waals surface area (Å²) in [7, 11) is 0. The average Bonchev–Trinajstić information content (AvgIpc) is 3.99. The first kappa shape index (κ1) is 40.4. The fourth-order valence-electron chi connectivity index (χ4n) is 11.6. The van der Waals surface area contributed by atoms with Crippen molar-refractivity contribution in [1.82, 2.24) is 19.5 Å². The Hall–Kier alpha value is -9.45. The van der Waals surface area contributed by atoms with E-state index in [4.69, 9.17) is 19.4 Å². The molecule has 0 aliphatic heterocycles. The highest BCUT2D eigenvalue weighted by molar-refractivity contribution is 6.11. The maximum absolute atomic E-state index is 6.48. The Balaban J connectivity index is 1.07. The summed E-state index contributed by atoms with van der Waals surface area (Å²) in [6.07, 6.45) is 13.9. The fourth-order valence-corrected chi connectivity index (χ4v) is 11.6. The van der Waals surface area contributed by atoms with E-state index < -0.39 is 0 Å². The van der Waals surface area contributed by atoms with Crippen molar-refractivity contribution in [3.8, 4) is 62.1 Å². The zero-order valence-corrected chi connectivity index (χ0v) is 38.9. The van der Waals surface area contributed by atoms with Crippen LogP contribution in [0.3, 0.4) is 0 Å². The molecule has 336 valence electrons. The Morgan fingerprint density at radius 3 is 1.92 bits per heavy atom. The van der Waals surface area contributed by atoms with Crippen LogP contribution in [0.5, 0.6) is 0 Å². The molecule has 0 bridgehead atoms. The highest BCUT2D eigenvalue weighted by Crippen LogP contribution is 2.49. The van der Waals surface area contributed by atoms with Gasteiger partial charge in [0.1, 0.15) is 11.2 Å². The Kier molecular flexibility index (Phi) is 9.02. The Bertz CT molecular complexity index is 4460. The van der Waals surface area contributed by atoms with E-state index in [-0.39, 0.29) is 11.8 Å². The van der Waals surface area contributed by atoms with Crippen LogP contribution in [-0.2, 0) is 0 Å². The molecule has 5 heteroatoms. The minimum absolute atomic E-state index is 0.207. The van der Waals surface area contributed by atoms with E-state index in [1.54, 1.807) is 0 Å². The summed E-state index contributed by atoms with van der Waals surface area (Å²) in [5.74, 6) is 2.23. The van der Waals surface area contributed by atoms with Crippen LogP contribution >= 0.6 is 0 Å². The summed E-state index contributed by atoms with van der Waals surface area (Å²) in [6, 6.07) is 73.6. The smallest absolute Gasteiger partial charge is 0.165 e. The quantitative estimate of drug-likeness (QED) is 0.167. The molecule has 0 fully saturated rings. The topological polar surface area (TPSA) is 56.7 Å². The molecule has 10 aromatic carbocycles. The molecule has 5 nitrogen and oxygen atoms in total. The monoisotopic (exact) mass is 918 g/mol. The molecule has 0 N–H and O–H groups in total. The predicted octanol–water partition coefficient (Wildman–Crippen LogP) is 17.4. The lowest BCUT2D eigenvalue weighted by Gasteiger charge is -2.27. The second-order valence-corrected chi connectivity index (χ2v) is 19.0. The van der Waals surface area contributed by atoms with Gasteiger partial charge in [0.25, 0.3) is 0 Å². The Morgan fingerprint density at radius 2 is 1.06 bits per heavy atom. The number of nitrogens with zero attached hydrogens (tertiary/aromatic N) is 4. The Morgan fingerprint density at radius 1 is 0.389 bits per heavy atom. The summed E-state index contributed by atoms with van der Waals surface area (Å²) in [5.41, 5.74) is 13.5. The number of furan rings is 1. The van der Waals surface area contributed by atoms with Gasteiger partial charge in [-0.05, 0) is 103 Å². The lowest BCUT2D eigenvalue weighted by Crippen LogP contribution is -2.14. The third-order valence-corrected chi connectivity index (χ3v) is 15.0. The van der Waals surface area contributed by atoms with Gasteiger partial charge in [-0.2, -0.15) is 0 Å². The number of rotatable bonds is 6. The molecule has 72 heavy (non-hydrogen) atoms. The van der Waals surface area contributed by atoms with Crippen molar-refractivity contribution in [2.45, 2.75) is 5.92 Å². The van der Waals surface area contributed by atoms with Gasteiger partial charge in [-0.3, -0.25) is 0 Å². The van der Waals surface area contributed by atoms with E-state index in [1.165, 1.54) is 32.9 Å². The van der Waals surface area contributed by atoms with Gasteiger partial charge in [-0.25, -0.2) is 15.0 Å². The van der Waals surface area contributed by atoms with Crippen molar-refractivity contribution in [2.24, 2.45) is 5.92 Å². The van der Waals surface area contributed by atoms with Crippen LogP contribution < -0.4 is 0 Å². The summed E-state index contributed by atoms with van der Waals surface area (Å²) in [4.78, 5) is 16.5. The lowest BCUT2D eigenvalue weighted by molar-refractivity contribution is 0.669. The SMILES string of the molecule is C1=CC2C=Cc3c(c4cc5ccccc5cc4n3-c3cc(-c4ccccc4)c(-c4nc(-c5ccc6c(c5)oc5ccccc56)nc(-c5cccc6ccccc56)n4)c4cc(-c5ccccc5)ccc34)C2C=C1. The van der Waals surface area contributed by atoms with Crippen LogP contribution in [0.1, 0.15) is 17.2 Å². The summed E-state index contributed by atoms with van der Waals surface area (Å²) >= 11 is 0. The maximum atomic E-state index is 6.48. The summed E-state index contributed by atoms with van der Waals surface area (Å²) in [5, 5.41) is 10.1. The molecule has 2 atom stereocenters. The van der Waals surface area contributed by atoms with Gasteiger partial charge in [-0.15, -0.1) is 0 Å². The molecule has 0 radical (unpaired) electrons. The molecule has 3 aromatic heterocycles. The normalized spacial score (nSPS) is 15.1. The minimum Gasteiger partial charge on any atom is -0.456 e. The molecule has 13 aromatic rings. The molecule has 0 spiro atoms. The number of para-hydroxylation sites is 1. The second kappa shape index (κ2) is 16.1. The number of aromatic nitrogens is 4. The number of hydrogen-bond donors (Lipinski definition) is 0. The molecule has 3 heterocycles. The number of fused-ring (bicyclic) bond motifs is 11. The zero-order valence-electron chi connectivity index (χ0n) is 38.9. The van der Waals surface area contributed by atoms with Gasteiger partial charge in [-0.1, -0.05) is 194 Å². The van der Waals surface area contributed by atoms with Crippen molar-refractivity contribution < 1.29 is 4.42 Å².